The molecule has 0 saturated heterocycles. The Bertz CT molecular complexity index is 688. The smallest absolute Gasteiger partial charge is 0.255 e. The summed E-state index contributed by atoms with van der Waals surface area (Å²) in [6.45, 7) is 10.5. The Hall–Kier alpha value is -2.28. The predicted molar refractivity (Wildman–Crippen MR) is 116 cm³/mol. The zero-order valence-corrected chi connectivity index (χ0v) is 18.2. The first-order valence-electron chi connectivity index (χ1n) is 10.6. The van der Waals surface area contributed by atoms with Crippen molar-refractivity contribution in [3.8, 4) is 5.75 Å². The molecule has 1 aromatic rings. The lowest BCUT2D eigenvalue weighted by Crippen LogP contribution is -2.65. The molecule has 0 aromatic heterocycles. The number of aliphatic imine (C=N–C) groups is 1. The van der Waals surface area contributed by atoms with Crippen LogP contribution < -0.4 is 21.1 Å². The molecule has 162 valence electrons. The Morgan fingerprint density at radius 3 is 2.66 bits per heavy atom. The molecule has 0 bridgehead atoms. The molecule has 29 heavy (non-hydrogen) atoms. The molecule has 7 heteroatoms. The molecule has 1 fully saturated rings. The quantitative estimate of drug-likeness (QED) is 0.389. The molecule has 1 saturated carbocycles. The molecule has 1 aliphatic carbocycles. The van der Waals surface area contributed by atoms with Gasteiger partial charge in [-0.15, -0.1) is 0 Å². The highest BCUT2D eigenvalue weighted by Crippen LogP contribution is 2.48. The highest BCUT2D eigenvalue weighted by Gasteiger charge is 2.53. The highest BCUT2D eigenvalue weighted by molar-refractivity contribution is 5.80. The molecule has 1 aliphatic rings. The van der Waals surface area contributed by atoms with Crippen molar-refractivity contribution in [3.63, 3.8) is 0 Å². The zero-order valence-electron chi connectivity index (χ0n) is 18.2. The molecule has 0 heterocycles. The average molecular weight is 405 g/mol. The minimum absolute atomic E-state index is 0.129. The number of primary amides is 1. The van der Waals surface area contributed by atoms with Gasteiger partial charge in [-0.3, -0.25) is 4.79 Å². The molecule has 0 spiro atoms. The first-order valence-corrected chi connectivity index (χ1v) is 10.6. The van der Waals surface area contributed by atoms with Crippen molar-refractivity contribution >= 4 is 11.9 Å². The summed E-state index contributed by atoms with van der Waals surface area (Å²) in [5, 5.41) is 6.97. The molecule has 0 radical (unpaired) electrons. The maximum Gasteiger partial charge on any atom is 0.255 e. The summed E-state index contributed by atoms with van der Waals surface area (Å²) < 4.78 is 11.4. The standard InChI is InChI=1S/C22H36N4O3/c1-5-22(6-2)18(13-19(22)28-8-4)26-21(24-7-3)25-14-16-10-9-11-17(12-16)29-15-20(23)27/h9-12,18-19H,5-8,13-15H2,1-4H3,(H2,23,27)(H2,24,25,26). The number of nitrogens with zero attached hydrogens (tertiary/aromatic N) is 1. The van der Waals surface area contributed by atoms with E-state index in [0.29, 0.717) is 24.4 Å². The number of carbonyl (C=O) groups is 1. The number of benzene rings is 1. The van der Waals surface area contributed by atoms with Crippen molar-refractivity contribution in [3.05, 3.63) is 29.8 Å². The lowest BCUT2D eigenvalue weighted by molar-refractivity contribution is -0.133. The molecule has 0 aliphatic heterocycles. The van der Waals surface area contributed by atoms with Gasteiger partial charge in [0, 0.05) is 24.6 Å². The number of nitrogens with one attached hydrogen (secondary N) is 2. The second-order valence-corrected chi connectivity index (χ2v) is 7.41. The summed E-state index contributed by atoms with van der Waals surface area (Å²) >= 11 is 0. The Labute approximate surface area is 174 Å². The number of rotatable bonds is 11. The van der Waals surface area contributed by atoms with E-state index in [2.05, 4.69) is 38.3 Å². The number of amides is 1. The van der Waals surface area contributed by atoms with Crippen molar-refractivity contribution < 1.29 is 14.3 Å². The van der Waals surface area contributed by atoms with Crippen molar-refractivity contribution in [1.82, 2.24) is 10.6 Å². The van der Waals surface area contributed by atoms with Crippen molar-refractivity contribution in [1.29, 1.82) is 0 Å². The van der Waals surface area contributed by atoms with Crippen LogP contribution in [0.2, 0.25) is 0 Å². The molecule has 1 aromatic carbocycles. The van der Waals surface area contributed by atoms with E-state index in [1.165, 1.54) is 0 Å². The fraction of sp³-hybridized carbons (Fsp3) is 0.636. The number of nitrogens with two attached hydrogens (primary N) is 1. The summed E-state index contributed by atoms with van der Waals surface area (Å²) in [4.78, 5) is 15.7. The summed E-state index contributed by atoms with van der Waals surface area (Å²) in [6, 6.07) is 7.91. The van der Waals surface area contributed by atoms with Gasteiger partial charge in [0.2, 0.25) is 0 Å². The van der Waals surface area contributed by atoms with Gasteiger partial charge in [-0.05, 0) is 50.8 Å². The first kappa shape index (κ1) is 23.0. The molecule has 4 N–H and O–H groups in total. The molecular weight excluding hydrogens is 368 g/mol. The van der Waals surface area contributed by atoms with Gasteiger partial charge in [-0.25, -0.2) is 4.99 Å². The number of hydrogen-bond donors (Lipinski definition) is 3. The topological polar surface area (TPSA) is 98.0 Å². The van der Waals surface area contributed by atoms with Gasteiger partial charge in [0.1, 0.15) is 5.75 Å². The molecule has 2 unspecified atom stereocenters. The largest absolute Gasteiger partial charge is 0.484 e. The molecule has 2 rings (SSSR count). The van der Waals surface area contributed by atoms with Gasteiger partial charge >= 0.3 is 0 Å². The van der Waals surface area contributed by atoms with Gasteiger partial charge in [0.15, 0.2) is 12.6 Å². The zero-order chi connectivity index (χ0) is 21.3. The van der Waals surface area contributed by atoms with Gasteiger partial charge in [-0.2, -0.15) is 0 Å². The monoisotopic (exact) mass is 404 g/mol. The fourth-order valence-corrected chi connectivity index (χ4v) is 4.13. The van der Waals surface area contributed by atoms with E-state index < -0.39 is 5.91 Å². The fourth-order valence-electron chi connectivity index (χ4n) is 4.13. The van der Waals surface area contributed by atoms with Crippen LogP contribution in [-0.2, 0) is 16.1 Å². The van der Waals surface area contributed by atoms with E-state index in [0.717, 1.165) is 43.9 Å². The minimum Gasteiger partial charge on any atom is -0.484 e. The van der Waals surface area contributed by atoms with Crippen LogP contribution in [0.5, 0.6) is 5.75 Å². The van der Waals surface area contributed by atoms with Crippen molar-refractivity contribution in [2.24, 2.45) is 16.1 Å². The van der Waals surface area contributed by atoms with E-state index in [-0.39, 0.29) is 12.0 Å². The first-order chi connectivity index (χ1) is 14.0. The number of ether oxygens (including phenoxy) is 2. The molecule has 1 amide bonds. The summed E-state index contributed by atoms with van der Waals surface area (Å²) in [5.41, 5.74) is 6.29. The molecule has 7 nitrogen and oxygen atoms in total. The van der Waals surface area contributed by atoms with Crippen LogP contribution in [0.1, 0.15) is 52.5 Å². The van der Waals surface area contributed by atoms with E-state index >= 15 is 0 Å². The van der Waals surface area contributed by atoms with Crippen LogP contribution >= 0.6 is 0 Å². The van der Waals surface area contributed by atoms with Crippen LogP contribution in [-0.4, -0.2) is 43.8 Å². The van der Waals surface area contributed by atoms with E-state index in [4.69, 9.17) is 20.2 Å². The van der Waals surface area contributed by atoms with Crippen LogP contribution in [0, 0.1) is 5.41 Å². The summed E-state index contributed by atoms with van der Waals surface area (Å²) in [6.07, 6.45) is 3.45. The van der Waals surface area contributed by atoms with Crippen LogP contribution in [0.25, 0.3) is 0 Å². The minimum atomic E-state index is -0.492. The lowest BCUT2D eigenvalue weighted by Gasteiger charge is -2.55. The summed E-state index contributed by atoms with van der Waals surface area (Å²) in [7, 11) is 0. The van der Waals surface area contributed by atoms with E-state index in [1.807, 2.05) is 18.2 Å². The van der Waals surface area contributed by atoms with Crippen molar-refractivity contribution in [2.45, 2.75) is 65.6 Å². The van der Waals surface area contributed by atoms with Gasteiger partial charge in [0.25, 0.3) is 5.91 Å². The Morgan fingerprint density at radius 1 is 1.28 bits per heavy atom. The van der Waals surface area contributed by atoms with Gasteiger partial charge in [-0.1, -0.05) is 26.0 Å². The SMILES string of the molecule is CCNC(=NCc1cccc(OCC(N)=O)c1)NC1CC(OCC)C1(CC)CC. The van der Waals surface area contributed by atoms with E-state index in [1.54, 1.807) is 6.07 Å². The molecular formula is C22H36N4O3. The molecule has 2 atom stereocenters. The highest BCUT2D eigenvalue weighted by atomic mass is 16.5. The van der Waals surface area contributed by atoms with Crippen LogP contribution in [0.15, 0.2) is 29.3 Å². The number of guanidine groups is 1. The third-order valence-electron chi connectivity index (χ3n) is 5.82. The Balaban J connectivity index is 2.05. The maximum absolute atomic E-state index is 10.9. The normalized spacial score (nSPS) is 20.6. The van der Waals surface area contributed by atoms with Crippen LogP contribution in [0.3, 0.4) is 0 Å². The number of carbonyl (C=O) groups excluding carboxylic acids is 1. The number of hydrogen-bond acceptors (Lipinski definition) is 4. The van der Waals surface area contributed by atoms with Crippen molar-refractivity contribution in [2.75, 3.05) is 19.8 Å². The second kappa shape index (κ2) is 11.0. The predicted octanol–water partition coefficient (Wildman–Crippen LogP) is 2.59. The van der Waals surface area contributed by atoms with Crippen LogP contribution in [0.4, 0.5) is 0 Å². The van der Waals surface area contributed by atoms with Gasteiger partial charge < -0.3 is 25.8 Å². The van der Waals surface area contributed by atoms with Gasteiger partial charge in [0.05, 0.1) is 12.6 Å². The lowest BCUT2D eigenvalue weighted by atomic mass is 9.58. The summed E-state index contributed by atoms with van der Waals surface area (Å²) in [5.74, 6) is 0.930. The Kier molecular flexibility index (Phi) is 8.76. The van der Waals surface area contributed by atoms with E-state index in [9.17, 15) is 4.79 Å². The third-order valence-corrected chi connectivity index (χ3v) is 5.82. The average Bonchev–Trinajstić information content (AvgIpc) is 2.71. The second-order valence-electron chi connectivity index (χ2n) is 7.41. The maximum atomic E-state index is 10.9. The third kappa shape index (κ3) is 5.85. The Morgan fingerprint density at radius 2 is 2.03 bits per heavy atom.